The van der Waals surface area contributed by atoms with Crippen molar-refractivity contribution in [1.29, 1.82) is 5.26 Å². The molecule has 0 bridgehead atoms. The fourth-order valence-corrected chi connectivity index (χ4v) is 2.02. The van der Waals surface area contributed by atoms with Crippen LogP contribution in [0.3, 0.4) is 0 Å². The van der Waals surface area contributed by atoms with E-state index in [-0.39, 0.29) is 5.04 Å². The van der Waals surface area contributed by atoms with Crippen LogP contribution < -0.4 is 0 Å². The van der Waals surface area contributed by atoms with E-state index < -0.39 is 8.32 Å². The van der Waals surface area contributed by atoms with Crippen molar-refractivity contribution in [3.63, 3.8) is 0 Å². The molecule has 0 saturated heterocycles. The van der Waals surface area contributed by atoms with Gasteiger partial charge in [0.25, 0.3) is 0 Å². The van der Waals surface area contributed by atoms with Crippen molar-refractivity contribution in [3.8, 4) is 6.07 Å². The summed E-state index contributed by atoms with van der Waals surface area (Å²) in [6, 6.07) is 10.2. The SMILES string of the molecule is CC(C)(C)[Si](C)(C)OOCCc1ccc(CC#N)cc1. The summed E-state index contributed by atoms with van der Waals surface area (Å²) in [5.41, 5.74) is 2.25. The van der Waals surface area contributed by atoms with Gasteiger partial charge in [0.05, 0.1) is 19.1 Å². The monoisotopic (exact) mass is 291 g/mol. The first-order chi connectivity index (χ1) is 9.26. The van der Waals surface area contributed by atoms with Crippen molar-refractivity contribution in [2.24, 2.45) is 0 Å². The zero-order valence-electron chi connectivity index (χ0n) is 13.2. The number of benzene rings is 1. The molecule has 0 spiro atoms. The molecule has 3 nitrogen and oxygen atoms in total. The van der Waals surface area contributed by atoms with Gasteiger partial charge in [-0.05, 0) is 35.7 Å². The van der Waals surface area contributed by atoms with Crippen LogP contribution in [0, 0.1) is 11.3 Å². The van der Waals surface area contributed by atoms with Gasteiger partial charge >= 0.3 is 0 Å². The van der Waals surface area contributed by atoms with E-state index in [2.05, 4.69) is 39.9 Å². The quantitative estimate of drug-likeness (QED) is 0.340. The number of hydrogen-bond donors (Lipinski definition) is 0. The van der Waals surface area contributed by atoms with E-state index in [0.717, 1.165) is 12.0 Å². The maximum absolute atomic E-state index is 8.62. The van der Waals surface area contributed by atoms with Crippen LogP contribution in [0.1, 0.15) is 31.9 Å². The molecule has 0 aliphatic heterocycles. The van der Waals surface area contributed by atoms with E-state index in [9.17, 15) is 0 Å². The molecule has 0 saturated carbocycles. The Kier molecular flexibility index (Phi) is 5.94. The minimum Gasteiger partial charge on any atom is -0.286 e. The summed E-state index contributed by atoms with van der Waals surface area (Å²) < 4.78 is 5.67. The lowest BCUT2D eigenvalue weighted by Gasteiger charge is -2.34. The second-order valence-electron chi connectivity index (χ2n) is 6.57. The van der Waals surface area contributed by atoms with Gasteiger partial charge in [-0.1, -0.05) is 45.0 Å². The first kappa shape index (κ1) is 16.9. The predicted octanol–water partition coefficient (Wildman–Crippen LogP) is 4.25. The third-order valence-electron chi connectivity index (χ3n) is 3.85. The van der Waals surface area contributed by atoms with Crippen molar-refractivity contribution in [2.45, 2.75) is 51.7 Å². The minimum atomic E-state index is -1.82. The fraction of sp³-hybridized carbons (Fsp3) is 0.562. The molecule has 0 aliphatic carbocycles. The van der Waals surface area contributed by atoms with E-state index >= 15 is 0 Å². The average Bonchev–Trinajstić information content (AvgIpc) is 2.35. The lowest BCUT2D eigenvalue weighted by Crippen LogP contribution is -2.40. The Morgan fingerprint density at radius 3 is 2.15 bits per heavy atom. The summed E-state index contributed by atoms with van der Waals surface area (Å²) in [4.78, 5) is 5.42. The summed E-state index contributed by atoms with van der Waals surface area (Å²) >= 11 is 0. The maximum atomic E-state index is 8.62. The zero-order valence-corrected chi connectivity index (χ0v) is 14.2. The van der Waals surface area contributed by atoms with Crippen molar-refractivity contribution >= 4 is 8.32 Å². The largest absolute Gasteiger partial charge is 0.286 e. The molecular formula is C16H25NO2Si. The molecule has 0 aliphatic rings. The molecule has 0 aromatic heterocycles. The Morgan fingerprint density at radius 2 is 1.65 bits per heavy atom. The summed E-state index contributed by atoms with van der Waals surface area (Å²) in [6.07, 6.45) is 1.28. The minimum absolute atomic E-state index is 0.159. The number of nitriles is 1. The van der Waals surface area contributed by atoms with Gasteiger partial charge in [0.1, 0.15) is 0 Å². The lowest BCUT2D eigenvalue weighted by molar-refractivity contribution is -0.220. The normalized spacial score (nSPS) is 12.2. The van der Waals surface area contributed by atoms with Crippen molar-refractivity contribution < 1.29 is 9.46 Å². The summed E-state index contributed by atoms with van der Waals surface area (Å²) in [5, 5.41) is 8.78. The van der Waals surface area contributed by atoms with Gasteiger partial charge < -0.3 is 0 Å². The highest BCUT2D eigenvalue weighted by atomic mass is 28.4. The molecule has 0 heterocycles. The Morgan fingerprint density at radius 1 is 1.10 bits per heavy atom. The topological polar surface area (TPSA) is 42.2 Å². The van der Waals surface area contributed by atoms with Gasteiger partial charge in [-0.3, -0.25) is 4.58 Å². The van der Waals surface area contributed by atoms with Crippen LogP contribution in [0.2, 0.25) is 18.1 Å². The molecule has 0 fully saturated rings. The van der Waals surface area contributed by atoms with Crippen LogP contribution in [0.15, 0.2) is 24.3 Å². The van der Waals surface area contributed by atoms with Gasteiger partial charge in [0.2, 0.25) is 8.32 Å². The van der Waals surface area contributed by atoms with E-state index in [4.69, 9.17) is 14.7 Å². The smallest absolute Gasteiger partial charge is 0.238 e. The molecule has 20 heavy (non-hydrogen) atoms. The second kappa shape index (κ2) is 7.03. The molecule has 1 rings (SSSR count). The molecule has 0 radical (unpaired) electrons. The second-order valence-corrected chi connectivity index (χ2v) is 11.3. The Hall–Kier alpha value is -1.15. The van der Waals surface area contributed by atoms with E-state index in [0.29, 0.717) is 13.0 Å². The molecule has 110 valence electrons. The molecule has 1 aromatic carbocycles. The third kappa shape index (κ3) is 5.08. The average molecular weight is 291 g/mol. The first-order valence-corrected chi connectivity index (χ1v) is 9.92. The Balaban J connectivity index is 2.36. The van der Waals surface area contributed by atoms with Gasteiger partial charge in [-0.15, -0.1) is 0 Å². The van der Waals surface area contributed by atoms with E-state index in [1.807, 2.05) is 24.3 Å². The molecule has 0 N–H and O–H groups in total. The first-order valence-electron chi connectivity index (χ1n) is 7.02. The van der Waals surface area contributed by atoms with Crippen LogP contribution in [-0.4, -0.2) is 14.9 Å². The molecule has 1 aromatic rings. The van der Waals surface area contributed by atoms with Gasteiger partial charge in [-0.2, -0.15) is 5.26 Å². The van der Waals surface area contributed by atoms with Crippen molar-refractivity contribution in [1.82, 2.24) is 0 Å². The number of nitrogens with zero attached hydrogens (tertiary/aromatic N) is 1. The standard InChI is InChI=1S/C16H25NO2Si/c1-16(2,3)20(4,5)19-18-13-11-15-8-6-14(7-9-15)10-12-17/h6-9H,10-11,13H2,1-5H3. The zero-order chi connectivity index (χ0) is 15.2. The molecular weight excluding hydrogens is 266 g/mol. The van der Waals surface area contributed by atoms with Crippen LogP contribution >= 0.6 is 0 Å². The molecule has 0 unspecified atom stereocenters. The van der Waals surface area contributed by atoms with Crippen LogP contribution in [0.4, 0.5) is 0 Å². The fourth-order valence-electron chi connectivity index (χ4n) is 1.39. The van der Waals surface area contributed by atoms with Crippen molar-refractivity contribution in [3.05, 3.63) is 35.4 Å². The lowest BCUT2D eigenvalue weighted by atomic mass is 10.1. The van der Waals surface area contributed by atoms with Gasteiger partial charge in [0, 0.05) is 0 Å². The van der Waals surface area contributed by atoms with E-state index in [1.165, 1.54) is 5.56 Å². The number of rotatable bonds is 6. The highest BCUT2D eigenvalue weighted by molar-refractivity contribution is 6.73. The van der Waals surface area contributed by atoms with Crippen LogP contribution in [-0.2, 0) is 22.3 Å². The van der Waals surface area contributed by atoms with Crippen LogP contribution in [0.25, 0.3) is 0 Å². The maximum Gasteiger partial charge on any atom is 0.238 e. The third-order valence-corrected chi connectivity index (χ3v) is 8.00. The van der Waals surface area contributed by atoms with Crippen molar-refractivity contribution in [2.75, 3.05) is 6.61 Å². The molecule has 0 amide bonds. The van der Waals surface area contributed by atoms with E-state index in [1.54, 1.807) is 0 Å². The Bertz CT molecular complexity index is 455. The predicted molar refractivity (Wildman–Crippen MR) is 83.7 cm³/mol. The summed E-state index contributed by atoms with van der Waals surface area (Å²) in [6.45, 7) is 11.5. The highest BCUT2D eigenvalue weighted by Gasteiger charge is 2.38. The van der Waals surface area contributed by atoms with Gasteiger partial charge in [-0.25, -0.2) is 4.89 Å². The highest BCUT2D eigenvalue weighted by Crippen LogP contribution is 2.36. The molecule has 0 atom stereocenters. The summed E-state index contributed by atoms with van der Waals surface area (Å²) in [5.74, 6) is 0. The van der Waals surface area contributed by atoms with Gasteiger partial charge in [0.15, 0.2) is 0 Å². The number of hydrogen-bond acceptors (Lipinski definition) is 3. The summed E-state index contributed by atoms with van der Waals surface area (Å²) in [7, 11) is -1.82. The molecule has 4 heteroatoms. The Labute approximate surface area is 123 Å². The van der Waals surface area contributed by atoms with Crippen LogP contribution in [0.5, 0.6) is 0 Å².